The lowest BCUT2D eigenvalue weighted by molar-refractivity contribution is 0.101. The normalized spacial score (nSPS) is 10.2. The second-order valence-corrected chi connectivity index (χ2v) is 4.13. The molecular weight excluding hydrogens is 260 g/mol. The number of nitrogens with two attached hydrogens (primary N) is 1. The number of ether oxygens (including phenoxy) is 2. The van der Waals surface area contributed by atoms with E-state index in [1.165, 1.54) is 10.9 Å². The van der Waals surface area contributed by atoms with Crippen molar-refractivity contribution in [2.24, 2.45) is 7.05 Å². The second-order valence-electron chi connectivity index (χ2n) is 4.13. The van der Waals surface area contributed by atoms with Gasteiger partial charge in [-0.25, -0.2) is 0 Å². The standard InChI is InChI=1S/C13H16N4O3/c1-17-12(11(14)7-15-17)13(18)16-8-4-9(19-2)6-10(5-8)20-3/h4-7H,14H2,1-3H3,(H,16,18). The summed E-state index contributed by atoms with van der Waals surface area (Å²) in [6, 6.07) is 5.09. The quantitative estimate of drug-likeness (QED) is 0.877. The summed E-state index contributed by atoms with van der Waals surface area (Å²) in [5.74, 6) is 0.813. The number of carbonyl (C=O) groups excluding carboxylic acids is 1. The number of methoxy groups -OCH3 is 2. The Morgan fingerprint density at radius 3 is 2.30 bits per heavy atom. The minimum atomic E-state index is -0.349. The van der Waals surface area contributed by atoms with Crippen molar-refractivity contribution in [2.45, 2.75) is 0 Å². The molecule has 0 saturated carbocycles. The van der Waals surface area contributed by atoms with Gasteiger partial charge in [0.05, 0.1) is 26.1 Å². The number of aromatic nitrogens is 2. The topological polar surface area (TPSA) is 91.4 Å². The average Bonchev–Trinajstić information content (AvgIpc) is 2.77. The summed E-state index contributed by atoms with van der Waals surface area (Å²) >= 11 is 0. The first kappa shape index (κ1) is 13.7. The Labute approximate surface area is 116 Å². The first-order chi connectivity index (χ1) is 9.55. The Balaban J connectivity index is 2.28. The van der Waals surface area contributed by atoms with Crippen LogP contribution in [0.25, 0.3) is 0 Å². The number of amides is 1. The third-order valence-corrected chi connectivity index (χ3v) is 2.79. The molecule has 0 bridgehead atoms. The summed E-state index contributed by atoms with van der Waals surface area (Å²) in [6.07, 6.45) is 1.43. The smallest absolute Gasteiger partial charge is 0.276 e. The summed E-state index contributed by atoms with van der Waals surface area (Å²) in [5, 5.41) is 6.66. The number of hydrogen-bond acceptors (Lipinski definition) is 5. The summed E-state index contributed by atoms with van der Waals surface area (Å²) in [6.45, 7) is 0. The van der Waals surface area contributed by atoms with Crippen LogP contribution in [0, 0.1) is 0 Å². The van der Waals surface area contributed by atoms with Crippen LogP contribution < -0.4 is 20.5 Å². The van der Waals surface area contributed by atoms with Crippen molar-refractivity contribution in [3.63, 3.8) is 0 Å². The van der Waals surface area contributed by atoms with E-state index in [-0.39, 0.29) is 5.91 Å². The maximum Gasteiger partial charge on any atom is 0.276 e. The number of nitrogens with one attached hydrogen (secondary N) is 1. The molecule has 0 saturated heterocycles. The van der Waals surface area contributed by atoms with Crippen LogP contribution in [0.15, 0.2) is 24.4 Å². The van der Waals surface area contributed by atoms with Gasteiger partial charge in [-0.3, -0.25) is 9.48 Å². The van der Waals surface area contributed by atoms with Crippen molar-refractivity contribution in [3.05, 3.63) is 30.1 Å². The molecule has 1 aromatic heterocycles. The monoisotopic (exact) mass is 276 g/mol. The Bertz CT molecular complexity index is 595. The zero-order valence-corrected chi connectivity index (χ0v) is 11.5. The van der Waals surface area contributed by atoms with Crippen LogP contribution in [0.4, 0.5) is 11.4 Å². The van der Waals surface area contributed by atoms with Crippen LogP contribution >= 0.6 is 0 Å². The number of nitrogens with zero attached hydrogens (tertiary/aromatic N) is 2. The number of anilines is 2. The van der Waals surface area contributed by atoms with Crippen LogP contribution in [0.5, 0.6) is 11.5 Å². The molecule has 20 heavy (non-hydrogen) atoms. The molecule has 0 fully saturated rings. The van der Waals surface area contributed by atoms with E-state index in [0.29, 0.717) is 28.6 Å². The van der Waals surface area contributed by atoms with Gasteiger partial charge in [0.15, 0.2) is 0 Å². The highest BCUT2D eigenvalue weighted by atomic mass is 16.5. The SMILES string of the molecule is COc1cc(NC(=O)c2c(N)cnn2C)cc(OC)c1. The van der Waals surface area contributed by atoms with Crippen molar-refractivity contribution in [1.82, 2.24) is 9.78 Å². The van der Waals surface area contributed by atoms with Crippen molar-refractivity contribution in [2.75, 3.05) is 25.3 Å². The Morgan fingerprint density at radius 1 is 1.25 bits per heavy atom. The molecule has 106 valence electrons. The van der Waals surface area contributed by atoms with Gasteiger partial charge in [-0.15, -0.1) is 0 Å². The van der Waals surface area contributed by atoms with Crippen molar-refractivity contribution in [3.8, 4) is 11.5 Å². The largest absolute Gasteiger partial charge is 0.497 e. The highest BCUT2D eigenvalue weighted by Gasteiger charge is 2.15. The average molecular weight is 276 g/mol. The summed E-state index contributed by atoms with van der Waals surface area (Å²) < 4.78 is 11.7. The molecule has 1 aromatic carbocycles. The summed E-state index contributed by atoms with van der Waals surface area (Å²) in [7, 11) is 4.73. The zero-order valence-electron chi connectivity index (χ0n) is 11.5. The van der Waals surface area contributed by atoms with Crippen LogP contribution in [0.1, 0.15) is 10.5 Å². The van der Waals surface area contributed by atoms with Gasteiger partial charge in [-0.2, -0.15) is 5.10 Å². The van der Waals surface area contributed by atoms with Crippen LogP contribution in [-0.4, -0.2) is 29.9 Å². The first-order valence-corrected chi connectivity index (χ1v) is 5.87. The second kappa shape index (κ2) is 5.52. The molecular formula is C13H16N4O3. The third kappa shape index (κ3) is 2.66. The molecule has 1 amide bonds. The highest BCUT2D eigenvalue weighted by molar-refractivity contribution is 6.06. The van der Waals surface area contributed by atoms with E-state index < -0.39 is 0 Å². The van der Waals surface area contributed by atoms with Gasteiger partial charge in [0.25, 0.3) is 5.91 Å². The molecule has 0 aliphatic rings. The maximum absolute atomic E-state index is 12.2. The van der Waals surface area contributed by atoms with Crippen LogP contribution in [0.3, 0.4) is 0 Å². The van der Waals surface area contributed by atoms with Crippen molar-refractivity contribution >= 4 is 17.3 Å². The lowest BCUT2D eigenvalue weighted by Crippen LogP contribution is -2.17. The molecule has 2 rings (SSSR count). The molecule has 0 spiro atoms. The van der Waals surface area contributed by atoms with Crippen molar-refractivity contribution < 1.29 is 14.3 Å². The fraction of sp³-hybridized carbons (Fsp3) is 0.231. The van der Waals surface area contributed by atoms with E-state index in [1.807, 2.05) is 0 Å². The van der Waals surface area contributed by atoms with Crippen molar-refractivity contribution in [1.29, 1.82) is 0 Å². The number of benzene rings is 1. The van der Waals surface area contributed by atoms with Gasteiger partial charge in [0.1, 0.15) is 17.2 Å². The lowest BCUT2D eigenvalue weighted by Gasteiger charge is -2.10. The molecule has 7 nitrogen and oxygen atoms in total. The number of aryl methyl sites for hydroxylation is 1. The highest BCUT2D eigenvalue weighted by Crippen LogP contribution is 2.26. The van der Waals surface area contributed by atoms with Crippen LogP contribution in [-0.2, 0) is 7.05 Å². The summed E-state index contributed by atoms with van der Waals surface area (Å²) in [5.41, 5.74) is 6.88. The van der Waals surface area contributed by atoms with Gasteiger partial charge >= 0.3 is 0 Å². The number of hydrogen-bond donors (Lipinski definition) is 2. The molecule has 0 atom stereocenters. The van der Waals surface area contributed by atoms with Gasteiger partial charge in [0, 0.05) is 30.9 Å². The van der Waals surface area contributed by atoms with E-state index >= 15 is 0 Å². The van der Waals surface area contributed by atoms with Crippen LogP contribution in [0.2, 0.25) is 0 Å². The Kier molecular flexibility index (Phi) is 3.79. The molecule has 3 N–H and O–H groups in total. The number of nitrogen functional groups attached to an aromatic ring is 1. The number of carbonyl (C=O) groups is 1. The van der Waals surface area contributed by atoms with E-state index in [9.17, 15) is 4.79 Å². The fourth-order valence-corrected chi connectivity index (χ4v) is 1.80. The minimum Gasteiger partial charge on any atom is -0.497 e. The van der Waals surface area contributed by atoms with Gasteiger partial charge < -0.3 is 20.5 Å². The van der Waals surface area contributed by atoms with Gasteiger partial charge in [-0.1, -0.05) is 0 Å². The maximum atomic E-state index is 12.2. The fourth-order valence-electron chi connectivity index (χ4n) is 1.80. The van der Waals surface area contributed by atoms with Gasteiger partial charge in [0.2, 0.25) is 0 Å². The molecule has 0 aliphatic carbocycles. The predicted octanol–water partition coefficient (Wildman–Crippen LogP) is 1.27. The van der Waals surface area contributed by atoms with E-state index in [1.54, 1.807) is 39.5 Å². The summed E-state index contributed by atoms with van der Waals surface area (Å²) in [4.78, 5) is 12.2. The Hall–Kier alpha value is -2.70. The Morgan fingerprint density at radius 2 is 1.85 bits per heavy atom. The lowest BCUT2D eigenvalue weighted by atomic mass is 10.2. The van der Waals surface area contributed by atoms with E-state index in [0.717, 1.165) is 0 Å². The molecule has 7 heteroatoms. The molecule has 1 heterocycles. The van der Waals surface area contributed by atoms with Gasteiger partial charge in [-0.05, 0) is 0 Å². The predicted molar refractivity (Wildman–Crippen MR) is 75.1 cm³/mol. The van der Waals surface area contributed by atoms with E-state index in [4.69, 9.17) is 15.2 Å². The minimum absolute atomic E-state index is 0.298. The molecule has 0 unspecified atom stereocenters. The first-order valence-electron chi connectivity index (χ1n) is 5.87. The number of rotatable bonds is 4. The third-order valence-electron chi connectivity index (χ3n) is 2.79. The molecule has 0 aliphatic heterocycles. The molecule has 0 radical (unpaired) electrons. The molecule has 2 aromatic rings. The van der Waals surface area contributed by atoms with E-state index in [2.05, 4.69) is 10.4 Å². The zero-order chi connectivity index (χ0) is 14.7.